The van der Waals surface area contributed by atoms with Gasteiger partial charge in [0, 0.05) is 6.92 Å². The van der Waals surface area contributed by atoms with Crippen molar-refractivity contribution in [1.29, 1.82) is 0 Å². The lowest BCUT2D eigenvalue weighted by molar-refractivity contribution is -0.123. The average Bonchev–Trinajstić information content (AvgIpc) is 3.02. The molecule has 1 aliphatic heterocycles. The molecule has 0 bridgehead atoms. The summed E-state index contributed by atoms with van der Waals surface area (Å²) in [7, 11) is 0. The van der Waals surface area contributed by atoms with Crippen molar-refractivity contribution < 1.29 is 14.3 Å². The maximum Gasteiger partial charge on any atom is 0.269 e. The van der Waals surface area contributed by atoms with Gasteiger partial charge in [-0.2, -0.15) is 0 Å². The second kappa shape index (κ2) is 5.94. The van der Waals surface area contributed by atoms with Gasteiger partial charge >= 0.3 is 0 Å². The molecule has 2 N–H and O–H groups in total. The third-order valence-electron chi connectivity index (χ3n) is 4.08. The summed E-state index contributed by atoms with van der Waals surface area (Å²) >= 11 is 0. The summed E-state index contributed by atoms with van der Waals surface area (Å²) in [5, 5.41) is 2.72. The maximum absolute atomic E-state index is 12.6. The van der Waals surface area contributed by atoms with Crippen molar-refractivity contribution >= 4 is 34.5 Å². The van der Waals surface area contributed by atoms with Gasteiger partial charge in [0.1, 0.15) is 5.75 Å². The smallest absolute Gasteiger partial charge is 0.269 e. The Kier molecular flexibility index (Phi) is 3.61. The number of carbonyl (C=O) groups excluding carboxylic acids is 2. The molecule has 7 nitrogen and oxygen atoms in total. The van der Waals surface area contributed by atoms with Gasteiger partial charge in [0.2, 0.25) is 11.9 Å². The fourth-order valence-electron chi connectivity index (χ4n) is 2.88. The Hall–Kier alpha value is -3.35. The zero-order chi connectivity index (χ0) is 17.4. The molecule has 0 aliphatic carbocycles. The van der Waals surface area contributed by atoms with Crippen LogP contribution in [0.2, 0.25) is 0 Å². The standard InChI is InChI=1S/C18H16N4O3/c1-11(23)22-10-16(25-15-9-5-4-8-14(15)22)17(24)21-18-19-12-6-2-3-7-13(12)20-18/h2-9,16H,10H2,1H3,(H2,19,20,21,24)/t16-/m0/s1. The van der Waals surface area contributed by atoms with Crippen molar-refractivity contribution in [2.75, 3.05) is 16.8 Å². The molecule has 1 atom stereocenters. The quantitative estimate of drug-likeness (QED) is 0.752. The van der Waals surface area contributed by atoms with E-state index >= 15 is 0 Å². The molecule has 4 rings (SSSR count). The number of rotatable bonds is 2. The van der Waals surface area contributed by atoms with Crippen LogP contribution in [0.3, 0.4) is 0 Å². The second-order valence-electron chi connectivity index (χ2n) is 5.80. The van der Waals surface area contributed by atoms with Gasteiger partial charge < -0.3 is 14.6 Å². The molecular weight excluding hydrogens is 320 g/mol. The van der Waals surface area contributed by atoms with E-state index < -0.39 is 6.10 Å². The summed E-state index contributed by atoms with van der Waals surface area (Å²) in [6.07, 6.45) is -0.813. The van der Waals surface area contributed by atoms with Crippen LogP contribution in [0.5, 0.6) is 5.75 Å². The van der Waals surface area contributed by atoms with E-state index in [0.29, 0.717) is 17.4 Å². The molecule has 7 heteroatoms. The maximum atomic E-state index is 12.6. The summed E-state index contributed by atoms with van der Waals surface area (Å²) in [5.41, 5.74) is 2.26. The monoisotopic (exact) mass is 336 g/mol. The molecule has 0 spiro atoms. The van der Waals surface area contributed by atoms with Crippen LogP contribution in [0.15, 0.2) is 48.5 Å². The highest BCUT2D eigenvalue weighted by Gasteiger charge is 2.32. The summed E-state index contributed by atoms with van der Waals surface area (Å²) in [6.45, 7) is 1.62. The lowest BCUT2D eigenvalue weighted by Crippen LogP contribution is -2.48. The number of anilines is 2. The van der Waals surface area contributed by atoms with Crippen molar-refractivity contribution in [1.82, 2.24) is 9.97 Å². The highest BCUT2D eigenvalue weighted by molar-refractivity contribution is 5.99. The van der Waals surface area contributed by atoms with E-state index in [2.05, 4.69) is 15.3 Å². The SMILES string of the molecule is CC(=O)N1C[C@@H](C(=O)Nc2nc3ccccc3[nH]2)Oc2ccccc21. The van der Waals surface area contributed by atoms with Crippen LogP contribution in [0.25, 0.3) is 11.0 Å². The first-order valence-corrected chi connectivity index (χ1v) is 7.91. The number of hydrogen-bond acceptors (Lipinski definition) is 4. The van der Waals surface area contributed by atoms with Crippen LogP contribution >= 0.6 is 0 Å². The van der Waals surface area contributed by atoms with Crippen LogP contribution in [-0.2, 0) is 9.59 Å². The molecule has 126 valence electrons. The molecule has 3 aromatic rings. The van der Waals surface area contributed by atoms with E-state index in [4.69, 9.17) is 4.74 Å². The Balaban J connectivity index is 1.57. The van der Waals surface area contributed by atoms with Crippen molar-refractivity contribution in [3.8, 4) is 5.75 Å². The molecule has 2 amide bonds. The Bertz CT molecular complexity index is 933. The Labute approximate surface area is 143 Å². The number of para-hydroxylation sites is 4. The minimum absolute atomic E-state index is 0.141. The van der Waals surface area contributed by atoms with Gasteiger partial charge in [-0.3, -0.25) is 14.9 Å². The number of amides is 2. The van der Waals surface area contributed by atoms with E-state index in [1.165, 1.54) is 6.92 Å². The fourth-order valence-corrected chi connectivity index (χ4v) is 2.88. The molecular formula is C18H16N4O3. The van der Waals surface area contributed by atoms with E-state index in [0.717, 1.165) is 11.0 Å². The van der Waals surface area contributed by atoms with Crippen molar-refractivity contribution in [2.45, 2.75) is 13.0 Å². The lowest BCUT2D eigenvalue weighted by Gasteiger charge is -2.33. The zero-order valence-electron chi connectivity index (χ0n) is 13.5. The third kappa shape index (κ3) is 2.80. The highest BCUT2D eigenvalue weighted by atomic mass is 16.5. The number of nitrogens with zero attached hydrogens (tertiary/aromatic N) is 2. The minimum atomic E-state index is -0.813. The molecule has 0 saturated heterocycles. The lowest BCUT2D eigenvalue weighted by atomic mass is 10.2. The van der Waals surface area contributed by atoms with Gasteiger partial charge in [-0.1, -0.05) is 24.3 Å². The van der Waals surface area contributed by atoms with Crippen molar-refractivity contribution in [3.05, 3.63) is 48.5 Å². The van der Waals surface area contributed by atoms with Crippen LogP contribution in [0, 0.1) is 0 Å². The number of aromatic amines is 1. The first kappa shape index (κ1) is 15.2. The van der Waals surface area contributed by atoms with Gasteiger partial charge in [-0.25, -0.2) is 4.98 Å². The van der Waals surface area contributed by atoms with Crippen LogP contribution in [0.4, 0.5) is 11.6 Å². The van der Waals surface area contributed by atoms with Gasteiger partial charge in [0.05, 0.1) is 23.3 Å². The molecule has 2 heterocycles. The van der Waals surface area contributed by atoms with Gasteiger partial charge in [-0.15, -0.1) is 0 Å². The molecule has 0 saturated carbocycles. The fraction of sp³-hybridized carbons (Fsp3) is 0.167. The number of carbonyl (C=O) groups is 2. The summed E-state index contributed by atoms with van der Waals surface area (Å²) in [4.78, 5) is 33.4. The first-order chi connectivity index (χ1) is 12.1. The minimum Gasteiger partial charge on any atom is -0.476 e. The Morgan fingerprint density at radius 3 is 2.76 bits per heavy atom. The number of fused-ring (bicyclic) bond motifs is 2. The average molecular weight is 336 g/mol. The summed E-state index contributed by atoms with van der Waals surface area (Å²) in [5.74, 6) is 0.355. The molecule has 1 aromatic heterocycles. The molecule has 25 heavy (non-hydrogen) atoms. The normalized spacial score (nSPS) is 16.2. The second-order valence-corrected chi connectivity index (χ2v) is 5.80. The number of nitrogens with one attached hydrogen (secondary N) is 2. The molecule has 2 aromatic carbocycles. The van der Waals surface area contributed by atoms with E-state index in [1.54, 1.807) is 23.1 Å². The third-order valence-corrected chi connectivity index (χ3v) is 4.08. The van der Waals surface area contributed by atoms with Gasteiger partial charge in [0.25, 0.3) is 5.91 Å². The van der Waals surface area contributed by atoms with Crippen LogP contribution in [0.1, 0.15) is 6.92 Å². The molecule has 0 unspecified atom stereocenters. The van der Waals surface area contributed by atoms with Crippen LogP contribution in [-0.4, -0.2) is 34.4 Å². The number of benzene rings is 2. The van der Waals surface area contributed by atoms with Gasteiger partial charge in [0.15, 0.2) is 6.10 Å². The highest BCUT2D eigenvalue weighted by Crippen LogP contribution is 2.33. The number of ether oxygens (including phenoxy) is 1. The molecule has 0 fully saturated rings. The number of aromatic nitrogens is 2. The Morgan fingerprint density at radius 1 is 1.20 bits per heavy atom. The van der Waals surface area contributed by atoms with Crippen molar-refractivity contribution in [3.63, 3.8) is 0 Å². The molecule has 1 aliphatic rings. The van der Waals surface area contributed by atoms with Gasteiger partial charge in [-0.05, 0) is 24.3 Å². The zero-order valence-corrected chi connectivity index (χ0v) is 13.5. The number of H-pyrrole nitrogens is 1. The van der Waals surface area contributed by atoms with Crippen molar-refractivity contribution in [2.24, 2.45) is 0 Å². The largest absolute Gasteiger partial charge is 0.476 e. The Morgan fingerprint density at radius 2 is 1.96 bits per heavy atom. The van der Waals surface area contributed by atoms with Crippen LogP contribution < -0.4 is 15.0 Å². The summed E-state index contributed by atoms with van der Waals surface area (Å²) in [6, 6.07) is 14.7. The molecule has 0 radical (unpaired) electrons. The number of hydrogen-bond donors (Lipinski definition) is 2. The van der Waals surface area contributed by atoms with E-state index in [1.807, 2.05) is 30.3 Å². The number of imidazole rings is 1. The topological polar surface area (TPSA) is 87.3 Å². The predicted octanol–water partition coefficient (Wildman–Crippen LogP) is 2.32. The van der Waals surface area contributed by atoms with E-state index in [-0.39, 0.29) is 18.4 Å². The summed E-state index contributed by atoms with van der Waals surface area (Å²) < 4.78 is 5.77. The predicted molar refractivity (Wildman–Crippen MR) is 93.6 cm³/mol. The van der Waals surface area contributed by atoms with E-state index in [9.17, 15) is 9.59 Å². The first-order valence-electron chi connectivity index (χ1n) is 7.91.